The Bertz CT molecular complexity index is 465. The molecule has 0 bridgehead atoms. The maximum absolute atomic E-state index is 2.40. The molecule has 0 amide bonds. The van der Waals surface area contributed by atoms with E-state index in [9.17, 15) is 0 Å². The van der Waals surface area contributed by atoms with Crippen LogP contribution in [0.15, 0.2) is 0 Å². The first-order chi connectivity index (χ1) is 20.6. The fraction of sp³-hybridized carbons (Fsp3) is 1.00. The standard InChI is InChI=1S/C40H86NP/c1-7-13-19-28-33-41(34-29-20-14-8-2,35-30-21-15-9-3)36-31-26-24-22-23-25-27-32-40-42(37-16-10-4,38-17-11-5)39-18-12-6/h7-40H2,1-6H3/q+2. The average molecular weight is 612 g/mol. The molecule has 0 aliphatic carbocycles. The van der Waals surface area contributed by atoms with E-state index in [0.717, 1.165) is 0 Å². The predicted octanol–water partition coefficient (Wildman–Crippen LogP) is 14.1. The molecule has 254 valence electrons. The van der Waals surface area contributed by atoms with Crippen LogP contribution in [0.3, 0.4) is 0 Å². The molecule has 0 fully saturated rings. The van der Waals surface area contributed by atoms with Crippen LogP contribution in [0.4, 0.5) is 0 Å². The second-order valence-corrected chi connectivity index (χ2v) is 19.0. The van der Waals surface area contributed by atoms with Gasteiger partial charge in [0.15, 0.2) is 0 Å². The zero-order chi connectivity index (χ0) is 31.0. The van der Waals surface area contributed by atoms with Crippen LogP contribution >= 0.6 is 7.26 Å². The Hall–Kier alpha value is 0.390. The highest BCUT2D eigenvalue weighted by Crippen LogP contribution is 2.61. The molecule has 0 saturated carbocycles. The molecule has 0 aromatic carbocycles. The van der Waals surface area contributed by atoms with Crippen molar-refractivity contribution in [1.82, 2.24) is 0 Å². The second kappa shape index (κ2) is 31.4. The summed E-state index contributed by atoms with van der Waals surface area (Å²) in [4.78, 5) is 0. The molecule has 0 rings (SSSR count). The van der Waals surface area contributed by atoms with Crippen molar-refractivity contribution in [3.05, 3.63) is 0 Å². The van der Waals surface area contributed by atoms with Crippen LogP contribution in [0.5, 0.6) is 0 Å². The molecule has 0 heterocycles. The summed E-state index contributed by atoms with van der Waals surface area (Å²) in [6.07, 6.45) is 44.3. The minimum Gasteiger partial charge on any atom is -0.324 e. The Kier molecular flexibility index (Phi) is 31.7. The lowest BCUT2D eigenvalue weighted by atomic mass is 10.1. The highest BCUT2D eigenvalue weighted by Gasteiger charge is 2.34. The number of hydrogen-bond acceptors (Lipinski definition) is 0. The topological polar surface area (TPSA) is 0 Å². The first kappa shape index (κ1) is 42.4. The molecule has 0 aliphatic rings. The molecule has 1 nitrogen and oxygen atoms in total. The monoisotopic (exact) mass is 612 g/mol. The van der Waals surface area contributed by atoms with Crippen molar-refractivity contribution < 1.29 is 4.48 Å². The number of rotatable bonds is 35. The van der Waals surface area contributed by atoms with Gasteiger partial charge < -0.3 is 4.48 Å². The normalized spacial score (nSPS) is 12.4. The number of nitrogens with zero attached hydrogens (tertiary/aromatic N) is 1. The number of quaternary nitrogens is 1. The van der Waals surface area contributed by atoms with E-state index in [0.29, 0.717) is 0 Å². The molecule has 0 atom stereocenters. The van der Waals surface area contributed by atoms with Gasteiger partial charge in [-0.2, -0.15) is 0 Å². The first-order valence-corrected chi connectivity index (χ1v) is 22.8. The molecule has 2 heteroatoms. The van der Waals surface area contributed by atoms with Gasteiger partial charge in [0.05, 0.1) is 50.8 Å². The van der Waals surface area contributed by atoms with Gasteiger partial charge >= 0.3 is 0 Å². The lowest BCUT2D eigenvalue weighted by Gasteiger charge is -2.39. The summed E-state index contributed by atoms with van der Waals surface area (Å²) >= 11 is 0. The second-order valence-electron chi connectivity index (χ2n) is 14.5. The highest BCUT2D eigenvalue weighted by molar-refractivity contribution is 7.75. The van der Waals surface area contributed by atoms with Crippen LogP contribution in [0.2, 0.25) is 0 Å². The lowest BCUT2D eigenvalue weighted by Crippen LogP contribution is -2.50. The third kappa shape index (κ3) is 23.7. The molecule has 0 aromatic heterocycles. The molecule has 0 radical (unpaired) electrons. The van der Waals surface area contributed by atoms with Crippen LogP contribution in [0.1, 0.15) is 208 Å². The zero-order valence-electron chi connectivity index (χ0n) is 30.9. The van der Waals surface area contributed by atoms with E-state index in [2.05, 4.69) is 41.5 Å². The van der Waals surface area contributed by atoms with Crippen molar-refractivity contribution in [2.45, 2.75) is 208 Å². The Balaban J connectivity index is 4.59. The van der Waals surface area contributed by atoms with Gasteiger partial charge in [-0.05, 0) is 83.5 Å². The van der Waals surface area contributed by atoms with Gasteiger partial charge in [0.2, 0.25) is 0 Å². The predicted molar refractivity (Wildman–Crippen MR) is 200 cm³/mol. The first-order valence-electron chi connectivity index (χ1n) is 20.3. The molecule has 0 aromatic rings. The smallest absolute Gasteiger partial charge is 0.0786 e. The summed E-state index contributed by atoms with van der Waals surface area (Å²) < 4.78 is 1.47. The number of unbranched alkanes of at least 4 members (excludes halogenated alkanes) is 19. The van der Waals surface area contributed by atoms with E-state index in [1.165, 1.54) is 191 Å². The summed E-state index contributed by atoms with van der Waals surface area (Å²) in [5.74, 6) is 0. The third-order valence-corrected chi connectivity index (χ3v) is 15.5. The maximum Gasteiger partial charge on any atom is 0.0786 e. The fourth-order valence-corrected chi connectivity index (χ4v) is 12.6. The van der Waals surface area contributed by atoms with Gasteiger partial charge in [-0.1, -0.05) is 125 Å². The van der Waals surface area contributed by atoms with Gasteiger partial charge in [-0.15, -0.1) is 0 Å². The molecule has 42 heavy (non-hydrogen) atoms. The van der Waals surface area contributed by atoms with Crippen LogP contribution in [-0.4, -0.2) is 55.3 Å². The van der Waals surface area contributed by atoms with Gasteiger partial charge in [0.1, 0.15) is 0 Å². The Morgan fingerprint density at radius 1 is 0.262 bits per heavy atom. The zero-order valence-corrected chi connectivity index (χ0v) is 31.8. The average Bonchev–Trinajstić information content (AvgIpc) is 3.01. The maximum atomic E-state index is 2.40. The molecular weight excluding hydrogens is 525 g/mol. The van der Waals surface area contributed by atoms with Crippen LogP contribution in [-0.2, 0) is 0 Å². The van der Waals surface area contributed by atoms with E-state index >= 15 is 0 Å². The Morgan fingerprint density at radius 3 is 0.810 bits per heavy atom. The van der Waals surface area contributed by atoms with Crippen molar-refractivity contribution in [3.63, 3.8) is 0 Å². The summed E-state index contributed by atoms with van der Waals surface area (Å²) in [7, 11) is -0.671. The summed E-state index contributed by atoms with van der Waals surface area (Å²) in [5, 5.41) is 0. The lowest BCUT2D eigenvalue weighted by molar-refractivity contribution is -0.929. The minimum atomic E-state index is -0.671. The van der Waals surface area contributed by atoms with E-state index in [-0.39, 0.29) is 0 Å². The molecule has 0 saturated heterocycles. The minimum absolute atomic E-state index is 0.671. The quantitative estimate of drug-likeness (QED) is 0.0380. The van der Waals surface area contributed by atoms with Gasteiger partial charge in [-0.25, -0.2) is 0 Å². The molecular formula is C40H86NP+2. The summed E-state index contributed by atoms with van der Waals surface area (Å²) in [6.45, 7) is 20.2. The Morgan fingerprint density at radius 2 is 0.500 bits per heavy atom. The van der Waals surface area contributed by atoms with Crippen LogP contribution < -0.4 is 0 Å². The van der Waals surface area contributed by atoms with Crippen LogP contribution in [0, 0.1) is 0 Å². The van der Waals surface area contributed by atoms with Crippen LogP contribution in [0.25, 0.3) is 0 Å². The van der Waals surface area contributed by atoms with E-state index < -0.39 is 7.26 Å². The van der Waals surface area contributed by atoms with Gasteiger partial charge in [-0.3, -0.25) is 0 Å². The summed E-state index contributed by atoms with van der Waals surface area (Å²) in [5.41, 5.74) is 0. The van der Waals surface area contributed by atoms with Crippen molar-refractivity contribution >= 4 is 7.26 Å². The van der Waals surface area contributed by atoms with Crippen molar-refractivity contribution in [2.75, 3.05) is 50.8 Å². The molecule has 0 unspecified atom stereocenters. The SMILES string of the molecule is CCCCCC[N+](CCCCCC)(CCCCCC)CCCCCCCCCC[P+](CCCC)(CCCC)CCCC. The number of hydrogen-bond donors (Lipinski definition) is 0. The van der Waals surface area contributed by atoms with Gasteiger partial charge in [0.25, 0.3) is 0 Å². The molecule has 0 spiro atoms. The van der Waals surface area contributed by atoms with E-state index in [1.807, 2.05) is 0 Å². The van der Waals surface area contributed by atoms with Crippen molar-refractivity contribution in [3.8, 4) is 0 Å². The van der Waals surface area contributed by atoms with Crippen molar-refractivity contribution in [1.29, 1.82) is 0 Å². The summed E-state index contributed by atoms with van der Waals surface area (Å²) in [6, 6.07) is 0. The van der Waals surface area contributed by atoms with Crippen molar-refractivity contribution in [2.24, 2.45) is 0 Å². The van der Waals surface area contributed by atoms with E-state index in [1.54, 1.807) is 31.1 Å². The fourth-order valence-electron chi connectivity index (χ4n) is 7.40. The van der Waals surface area contributed by atoms with Gasteiger partial charge in [0, 0.05) is 7.26 Å². The highest BCUT2D eigenvalue weighted by atomic mass is 31.2. The van der Waals surface area contributed by atoms with E-state index in [4.69, 9.17) is 0 Å². The molecule has 0 aliphatic heterocycles. The largest absolute Gasteiger partial charge is 0.324 e. The third-order valence-electron chi connectivity index (χ3n) is 10.4. The molecule has 0 N–H and O–H groups in total. The Labute approximate surface area is 270 Å².